The highest BCUT2D eigenvalue weighted by Gasteiger charge is 2.16. The van der Waals surface area contributed by atoms with Crippen molar-refractivity contribution in [1.29, 1.82) is 5.26 Å². The molecule has 0 spiro atoms. The van der Waals surface area contributed by atoms with Crippen molar-refractivity contribution in [3.8, 4) is 17.7 Å². The Hall–Kier alpha value is -2.88. The summed E-state index contributed by atoms with van der Waals surface area (Å²) in [6.45, 7) is 1.69. The molecule has 0 fully saturated rings. The fourth-order valence-corrected chi connectivity index (χ4v) is 1.59. The number of nitrogens with zero attached hydrogens (tertiary/aromatic N) is 4. The van der Waals surface area contributed by atoms with Crippen LogP contribution in [0.3, 0.4) is 0 Å². The maximum Gasteiger partial charge on any atom is 0.337 e. The minimum absolute atomic E-state index is 0.00916. The number of aryl methyl sites for hydroxylation is 2. The summed E-state index contributed by atoms with van der Waals surface area (Å²) < 4.78 is 6.91. The molecule has 7 heteroatoms. The molecule has 0 aliphatic heterocycles. The van der Waals surface area contributed by atoms with Crippen LogP contribution in [0.5, 0.6) is 11.6 Å². The van der Waals surface area contributed by atoms with Crippen LogP contribution < -0.4 is 4.74 Å². The summed E-state index contributed by atoms with van der Waals surface area (Å²) in [4.78, 5) is 14.6. The van der Waals surface area contributed by atoms with Gasteiger partial charge in [0.2, 0.25) is 5.88 Å². The Kier molecular flexibility index (Phi) is 3.16. The molecule has 0 saturated heterocycles. The second-order valence-corrected chi connectivity index (χ2v) is 3.82. The van der Waals surface area contributed by atoms with Crippen molar-refractivity contribution in [2.75, 3.05) is 0 Å². The van der Waals surface area contributed by atoms with Gasteiger partial charge in [0.05, 0.1) is 17.5 Å². The summed E-state index contributed by atoms with van der Waals surface area (Å²) in [5.74, 6) is -0.608. The molecular weight excluding hydrogens is 248 g/mol. The Bertz CT molecular complexity index is 685. The minimum atomic E-state index is -1.10. The first kappa shape index (κ1) is 12.6. The number of carbonyl (C=O) groups is 1. The van der Waals surface area contributed by atoms with Gasteiger partial charge in [0.25, 0.3) is 0 Å². The van der Waals surface area contributed by atoms with Gasteiger partial charge in [0, 0.05) is 13.2 Å². The van der Waals surface area contributed by atoms with Gasteiger partial charge in [0.15, 0.2) is 0 Å². The van der Waals surface area contributed by atoms with Crippen LogP contribution in [0.1, 0.15) is 21.6 Å². The van der Waals surface area contributed by atoms with Gasteiger partial charge in [-0.05, 0) is 13.0 Å². The smallest absolute Gasteiger partial charge is 0.337 e. The van der Waals surface area contributed by atoms with Gasteiger partial charge in [-0.3, -0.25) is 4.98 Å². The van der Waals surface area contributed by atoms with Gasteiger partial charge in [-0.25, -0.2) is 9.48 Å². The zero-order valence-electron chi connectivity index (χ0n) is 10.3. The van der Waals surface area contributed by atoms with Crippen LogP contribution in [0.2, 0.25) is 0 Å². The van der Waals surface area contributed by atoms with Crippen LogP contribution in [-0.4, -0.2) is 25.8 Å². The van der Waals surface area contributed by atoms with Crippen molar-refractivity contribution < 1.29 is 14.6 Å². The molecule has 7 nitrogen and oxygen atoms in total. The van der Waals surface area contributed by atoms with E-state index in [4.69, 9.17) is 15.1 Å². The molecule has 96 valence electrons. The zero-order valence-corrected chi connectivity index (χ0v) is 10.3. The normalized spacial score (nSPS) is 9.95. The summed E-state index contributed by atoms with van der Waals surface area (Å²) in [7, 11) is 1.64. The molecule has 0 bridgehead atoms. The molecule has 0 aliphatic carbocycles. The van der Waals surface area contributed by atoms with Crippen LogP contribution in [0, 0.1) is 18.3 Å². The third-order valence-electron chi connectivity index (χ3n) is 2.46. The van der Waals surface area contributed by atoms with Gasteiger partial charge in [0.1, 0.15) is 17.4 Å². The van der Waals surface area contributed by atoms with Crippen LogP contribution in [0.25, 0.3) is 0 Å². The fraction of sp³-hybridized carbons (Fsp3) is 0.167. The number of pyridine rings is 1. The van der Waals surface area contributed by atoms with E-state index in [0.29, 0.717) is 11.3 Å². The molecule has 2 heterocycles. The number of carboxylic acids is 1. The van der Waals surface area contributed by atoms with Gasteiger partial charge in [-0.1, -0.05) is 0 Å². The van der Waals surface area contributed by atoms with Gasteiger partial charge in [-0.2, -0.15) is 10.4 Å². The quantitative estimate of drug-likeness (QED) is 0.894. The number of aromatic nitrogens is 3. The minimum Gasteiger partial charge on any atom is -0.478 e. The van der Waals surface area contributed by atoms with Gasteiger partial charge < -0.3 is 9.84 Å². The van der Waals surface area contributed by atoms with E-state index < -0.39 is 5.97 Å². The van der Waals surface area contributed by atoms with E-state index in [1.165, 1.54) is 23.1 Å². The lowest BCUT2D eigenvalue weighted by Crippen LogP contribution is -2.00. The average molecular weight is 258 g/mol. The molecule has 0 amide bonds. The van der Waals surface area contributed by atoms with Crippen LogP contribution in [0.15, 0.2) is 18.5 Å². The van der Waals surface area contributed by atoms with Crippen molar-refractivity contribution in [3.63, 3.8) is 0 Å². The SMILES string of the molecule is Cc1nn(C)c(Oc2cncc(C(=O)O)c2)c1C#N. The largest absolute Gasteiger partial charge is 0.478 e. The molecule has 2 aromatic rings. The molecule has 0 radical (unpaired) electrons. The van der Waals surface area contributed by atoms with Crippen LogP contribution in [-0.2, 0) is 7.05 Å². The third-order valence-corrected chi connectivity index (χ3v) is 2.46. The number of nitriles is 1. The van der Waals surface area contributed by atoms with E-state index in [9.17, 15) is 4.79 Å². The standard InChI is InChI=1S/C12H10N4O3/c1-7-10(4-13)11(16(2)15-7)19-9-3-8(12(17)18)5-14-6-9/h3,5-6H,1-2H3,(H,17,18). The fourth-order valence-electron chi connectivity index (χ4n) is 1.59. The molecule has 0 saturated carbocycles. The summed E-state index contributed by atoms with van der Waals surface area (Å²) in [5, 5.41) is 22.0. The van der Waals surface area contributed by atoms with Crippen molar-refractivity contribution in [1.82, 2.24) is 14.8 Å². The number of ether oxygens (including phenoxy) is 1. The van der Waals surface area contributed by atoms with E-state index in [0.717, 1.165) is 0 Å². The molecule has 0 aliphatic rings. The number of rotatable bonds is 3. The van der Waals surface area contributed by atoms with Crippen molar-refractivity contribution in [2.45, 2.75) is 6.92 Å². The highest BCUT2D eigenvalue weighted by molar-refractivity contribution is 5.87. The molecule has 0 atom stereocenters. The number of carboxylic acid groups (broad SMARTS) is 1. The molecule has 1 N–H and O–H groups in total. The Morgan fingerprint density at radius 3 is 2.89 bits per heavy atom. The Morgan fingerprint density at radius 2 is 2.26 bits per heavy atom. The lowest BCUT2D eigenvalue weighted by Gasteiger charge is -2.06. The number of aromatic carboxylic acids is 1. The molecule has 2 rings (SSSR count). The molecule has 0 aromatic carbocycles. The predicted molar refractivity (Wildman–Crippen MR) is 63.9 cm³/mol. The topological polar surface area (TPSA) is 101 Å². The summed E-state index contributed by atoms with van der Waals surface area (Å²) >= 11 is 0. The second kappa shape index (κ2) is 4.78. The van der Waals surface area contributed by atoms with Crippen LogP contribution >= 0.6 is 0 Å². The van der Waals surface area contributed by atoms with E-state index in [2.05, 4.69) is 10.1 Å². The zero-order chi connectivity index (χ0) is 14.0. The third kappa shape index (κ3) is 2.37. The summed E-state index contributed by atoms with van der Waals surface area (Å²) in [6.07, 6.45) is 2.59. The maximum absolute atomic E-state index is 10.8. The van der Waals surface area contributed by atoms with E-state index in [1.54, 1.807) is 14.0 Å². The van der Waals surface area contributed by atoms with Crippen molar-refractivity contribution in [3.05, 3.63) is 35.3 Å². The summed E-state index contributed by atoms with van der Waals surface area (Å²) in [5.41, 5.74) is 0.862. The lowest BCUT2D eigenvalue weighted by molar-refractivity contribution is 0.0696. The first-order valence-electron chi connectivity index (χ1n) is 5.33. The van der Waals surface area contributed by atoms with E-state index in [-0.39, 0.29) is 17.2 Å². The highest BCUT2D eigenvalue weighted by atomic mass is 16.5. The van der Waals surface area contributed by atoms with E-state index >= 15 is 0 Å². The van der Waals surface area contributed by atoms with Gasteiger partial charge >= 0.3 is 5.97 Å². The molecule has 0 unspecified atom stereocenters. The Morgan fingerprint density at radius 1 is 1.53 bits per heavy atom. The van der Waals surface area contributed by atoms with Gasteiger partial charge in [-0.15, -0.1) is 0 Å². The van der Waals surface area contributed by atoms with Crippen molar-refractivity contribution in [2.24, 2.45) is 7.05 Å². The lowest BCUT2D eigenvalue weighted by atomic mass is 10.2. The van der Waals surface area contributed by atoms with Crippen molar-refractivity contribution >= 4 is 5.97 Å². The number of hydrogen-bond donors (Lipinski definition) is 1. The first-order chi connectivity index (χ1) is 9.02. The monoisotopic (exact) mass is 258 g/mol. The van der Waals surface area contributed by atoms with E-state index in [1.807, 2.05) is 6.07 Å². The molecule has 19 heavy (non-hydrogen) atoms. The Balaban J connectivity index is 2.39. The predicted octanol–water partition coefficient (Wildman–Crippen LogP) is 1.49. The second-order valence-electron chi connectivity index (χ2n) is 3.82. The Labute approximate surface area is 108 Å². The number of hydrogen-bond acceptors (Lipinski definition) is 5. The van der Waals surface area contributed by atoms with Crippen LogP contribution in [0.4, 0.5) is 0 Å². The molecular formula is C12H10N4O3. The average Bonchev–Trinajstić information content (AvgIpc) is 2.64. The summed E-state index contributed by atoms with van der Waals surface area (Å²) in [6, 6.07) is 3.33. The highest BCUT2D eigenvalue weighted by Crippen LogP contribution is 2.26. The molecule has 2 aromatic heterocycles. The first-order valence-corrected chi connectivity index (χ1v) is 5.33. The maximum atomic E-state index is 10.8.